The zero-order valence-corrected chi connectivity index (χ0v) is 11.4. The first kappa shape index (κ1) is 14.4. The summed E-state index contributed by atoms with van der Waals surface area (Å²) in [5.41, 5.74) is 0.307. The maximum Gasteiger partial charge on any atom is 0.159 e. The minimum absolute atomic E-state index is 0.345. The van der Waals surface area contributed by atoms with E-state index < -0.39 is 11.5 Å². The highest BCUT2D eigenvalue weighted by Crippen LogP contribution is 2.35. The maximum absolute atomic E-state index is 11.7. The quantitative estimate of drug-likeness (QED) is 0.872. The van der Waals surface area contributed by atoms with E-state index >= 15 is 0 Å². The molecule has 3 nitrogen and oxygen atoms in total. The third kappa shape index (κ3) is 2.38. The SMILES string of the molecule is CC(=O)[C@@H](O)C(CO)(c1ccccc1)c1ccccc1. The lowest BCUT2D eigenvalue weighted by atomic mass is 9.70. The molecule has 0 aliphatic heterocycles. The van der Waals surface area contributed by atoms with Crippen molar-refractivity contribution in [3.63, 3.8) is 0 Å². The molecule has 0 amide bonds. The number of hydrogen-bond acceptors (Lipinski definition) is 3. The fraction of sp³-hybridized carbons (Fsp3) is 0.235. The minimum atomic E-state index is -1.29. The third-order valence-electron chi connectivity index (χ3n) is 3.68. The number of aliphatic hydroxyl groups is 2. The predicted octanol–water partition coefficient (Wildman–Crippen LogP) is 1.91. The Balaban J connectivity index is 2.68. The van der Waals surface area contributed by atoms with Crippen molar-refractivity contribution in [2.45, 2.75) is 18.4 Å². The van der Waals surface area contributed by atoms with E-state index in [1.807, 2.05) is 60.7 Å². The molecular weight excluding hydrogens is 252 g/mol. The Bertz CT molecular complexity index is 524. The number of Topliss-reactive ketones (excluding diaryl/α,β-unsaturated/α-hetero) is 1. The lowest BCUT2D eigenvalue weighted by Gasteiger charge is -2.36. The Kier molecular flexibility index (Phi) is 4.32. The summed E-state index contributed by atoms with van der Waals surface area (Å²) in [6.07, 6.45) is -1.29. The molecule has 0 aliphatic rings. The molecule has 0 aliphatic carbocycles. The van der Waals surface area contributed by atoms with Gasteiger partial charge in [-0.3, -0.25) is 4.79 Å². The van der Waals surface area contributed by atoms with Gasteiger partial charge < -0.3 is 10.2 Å². The Hall–Kier alpha value is -1.97. The standard InChI is InChI=1S/C17H18O3/c1-13(19)16(20)17(12-18,14-8-4-2-5-9-14)15-10-6-3-7-11-15/h2-11,16,18,20H,12H2,1H3/t16-/m1/s1. The second-order valence-corrected chi connectivity index (χ2v) is 4.87. The molecule has 0 spiro atoms. The van der Waals surface area contributed by atoms with E-state index in [4.69, 9.17) is 0 Å². The van der Waals surface area contributed by atoms with Gasteiger partial charge in [0.15, 0.2) is 5.78 Å². The molecule has 104 valence electrons. The van der Waals surface area contributed by atoms with Gasteiger partial charge in [-0.05, 0) is 18.1 Å². The smallest absolute Gasteiger partial charge is 0.159 e. The normalized spacial score (nSPS) is 12.9. The molecule has 2 aromatic carbocycles. The number of carbonyl (C=O) groups is 1. The van der Waals surface area contributed by atoms with Crippen LogP contribution in [0.1, 0.15) is 18.1 Å². The first-order chi connectivity index (χ1) is 9.63. The number of benzene rings is 2. The molecule has 0 radical (unpaired) electrons. The highest BCUT2D eigenvalue weighted by atomic mass is 16.3. The van der Waals surface area contributed by atoms with Crippen molar-refractivity contribution in [2.24, 2.45) is 0 Å². The second kappa shape index (κ2) is 5.99. The maximum atomic E-state index is 11.7. The van der Waals surface area contributed by atoms with Crippen LogP contribution in [0.25, 0.3) is 0 Å². The van der Waals surface area contributed by atoms with E-state index in [9.17, 15) is 15.0 Å². The van der Waals surface area contributed by atoms with Gasteiger partial charge in [-0.25, -0.2) is 0 Å². The first-order valence-electron chi connectivity index (χ1n) is 6.53. The lowest BCUT2D eigenvalue weighted by Crippen LogP contribution is -2.47. The zero-order valence-electron chi connectivity index (χ0n) is 11.4. The highest BCUT2D eigenvalue weighted by Gasteiger charge is 2.43. The van der Waals surface area contributed by atoms with Crippen molar-refractivity contribution >= 4 is 5.78 Å². The van der Waals surface area contributed by atoms with Crippen molar-refractivity contribution in [3.05, 3.63) is 71.8 Å². The van der Waals surface area contributed by atoms with E-state index in [1.165, 1.54) is 6.92 Å². The number of rotatable bonds is 5. The summed E-state index contributed by atoms with van der Waals surface area (Å²) in [5, 5.41) is 20.4. The van der Waals surface area contributed by atoms with Crippen LogP contribution in [0.5, 0.6) is 0 Å². The predicted molar refractivity (Wildman–Crippen MR) is 77.4 cm³/mol. The van der Waals surface area contributed by atoms with Crippen molar-refractivity contribution in [1.29, 1.82) is 0 Å². The van der Waals surface area contributed by atoms with Crippen LogP contribution in [0.4, 0.5) is 0 Å². The van der Waals surface area contributed by atoms with E-state index in [1.54, 1.807) is 0 Å². The van der Waals surface area contributed by atoms with Crippen molar-refractivity contribution in [2.75, 3.05) is 6.61 Å². The van der Waals surface area contributed by atoms with Gasteiger partial charge in [-0.1, -0.05) is 60.7 Å². The van der Waals surface area contributed by atoms with Crippen LogP contribution in [0.15, 0.2) is 60.7 Å². The molecule has 2 rings (SSSR count). The van der Waals surface area contributed by atoms with Crippen LogP contribution in [0, 0.1) is 0 Å². The van der Waals surface area contributed by atoms with Crippen LogP contribution >= 0.6 is 0 Å². The number of carbonyl (C=O) groups excluding carboxylic acids is 1. The van der Waals surface area contributed by atoms with Gasteiger partial charge in [-0.2, -0.15) is 0 Å². The van der Waals surface area contributed by atoms with Gasteiger partial charge in [0.1, 0.15) is 6.10 Å². The average Bonchev–Trinajstić information content (AvgIpc) is 2.50. The summed E-state index contributed by atoms with van der Waals surface area (Å²) in [4.78, 5) is 11.7. The fourth-order valence-electron chi connectivity index (χ4n) is 2.57. The summed E-state index contributed by atoms with van der Waals surface area (Å²) < 4.78 is 0. The summed E-state index contributed by atoms with van der Waals surface area (Å²) >= 11 is 0. The van der Waals surface area contributed by atoms with Crippen molar-refractivity contribution in [1.82, 2.24) is 0 Å². The molecule has 2 N–H and O–H groups in total. The van der Waals surface area contributed by atoms with Crippen molar-refractivity contribution in [3.8, 4) is 0 Å². The fourth-order valence-corrected chi connectivity index (χ4v) is 2.57. The number of ketones is 1. The van der Waals surface area contributed by atoms with Gasteiger partial charge in [-0.15, -0.1) is 0 Å². The molecule has 0 aromatic heterocycles. The second-order valence-electron chi connectivity index (χ2n) is 4.87. The Morgan fingerprint density at radius 3 is 1.70 bits per heavy atom. The Morgan fingerprint density at radius 1 is 1.00 bits per heavy atom. The van der Waals surface area contributed by atoms with Crippen LogP contribution in [0.2, 0.25) is 0 Å². The van der Waals surface area contributed by atoms with E-state index in [-0.39, 0.29) is 12.4 Å². The van der Waals surface area contributed by atoms with E-state index in [2.05, 4.69) is 0 Å². The van der Waals surface area contributed by atoms with Crippen LogP contribution in [-0.2, 0) is 10.2 Å². The Morgan fingerprint density at radius 2 is 1.40 bits per heavy atom. The van der Waals surface area contributed by atoms with Crippen LogP contribution in [-0.4, -0.2) is 28.7 Å². The van der Waals surface area contributed by atoms with E-state index in [0.29, 0.717) is 0 Å². The molecule has 0 fully saturated rings. The Labute approximate surface area is 118 Å². The summed E-state index contributed by atoms with van der Waals surface area (Å²) in [6, 6.07) is 18.3. The molecule has 1 atom stereocenters. The topological polar surface area (TPSA) is 57.5 Å². The molecule has 0 saturated heterocycles. The summed E-state index contributed by atoms with van der Waals surface area (Å²) in [7, 11) is 0. The zero-order chi connectivity index (χ0) is 14.6. The van der Waals surface area contributed by atoms with Gasteiger partial charge in [0.2, 0.25) is 0 Å². The molecule has 0 unspecified atom stereocenters. The summed E-state index contributed by atoms with van der Waals surface area (Å²) in [6.45, 7) is 0.989. The van der Waals surface area contributed by atoms with Crippen LogP contribution in [0.3, 0.4) is 0 Å². The average molecular weight is 270 g/mol. The van der Waals surface area contributed by atoms with Gasteiger partial charge >= 0.3 is 0 Å². The third-order valence-corrected chi connectivity index (χ3v) is 3.68. The largest absolute Gasteiger partial charge is 0.395 e. The number of hydrogen-bond donors (Lipinski definition) is 2. The molecule has 0 heterocycles. The monoisotopic (exact) mass is 270 g/mol. The van der Waals surface area contributed by atoms with E-state index in [0.717, 1.165) is 11.1 Å². The van der Waals surface area contributed by atoms with Gasteiger partial charge in [0.05, 0.1) is 12.0 Å². The molecule has 20 heavy (non-hydrogen) atoms. The van der Waals surface area contributed by atoms with Crippen LogP contribution < -0.4 is 0 Å². The lowest BCUT2D eigenvalue weighted by molar-refractivity contribution is -0.128. The first-order valence-corrected chi connectivity index (χ1v) is 6.53. The minimum Gasteiger partial charge on any atom is -0.395 e. The molecule has 3 heteroatoms. The van der Waals surface area contributed by atoms with Gasteiger partial charge in [0.25, 0.3) is 0 Å². The van der Waals surface area contributed by atoms with Crippen molar-refractivity contribution < 1.29 is 15.0 Å². The molecule has 2 aromatic rings. The summed E-state index contributed by atoms with van der Waals surface area (Å²) in [5.74, 6) is -0.369. The molecular formula is C17H18O3. The molecule has 0 saturated carbocycles. The molecule has 0 bridgehead atoms. The highest BCUT2D eigenvalue weighted by molar-refractivity contribution is 5.83. The number of aliphatic hydroxyl groups excluding tert-OH is 2. The van der Waals surface area contributed by atoms with Gasteiger partial charge in [0, 0.05) is 0 Å².